The van der Waals surface area contributed by atoms with Gasteiger partial charge in [-0.2, -0.15) is 0 Å². The number of likely N-dealkylation sites (tertiary alicyclic amines) is 1. The first kappa shape index (κ1) is 18.0. The Bertz CT molecular complexity index is 588. The number of rotatable bonds is 4. The molecule has 2 amide bonds. The third kappa shape index (κ3) is 4.34. The minimum absolute atomic E-state index is 0.0484. The van der Waals surface area contributed by atoms with E-state index in [9.17, 15) is 9.59 Å². The molecule has 0 saturated carbocycles. The lowest BCUT2D eigenvalue weighted by molar-refractivity contribution is -0.134. The van der Waals surface area contributed by atoms with Crippen molar-refractivity contribution in [2.75, 3.05) is 18.0 Å². The van der Waals surface area contributed by atoms with Gasteiger partial charge in [-0.15, -0.1) is 0 Å². The molecule has 5 heteroatoms. The second kappa shape index (κ2) is 7.95. The molecule has 126 valence electrons. The predicted octanol–water partition coefficient (Wildman–Crippen LogP) is 3.90. The van der Waals surface area contributed by atoms with E-state index in [4.69, 9.17) is 0 Å². The summed E-state index contributed by atoms with van der Waals surface area (Å²) < 4.78 is 0.998. The minimum Gasteiger partial charge on any atom is -0.338 e. The summed E-state index contributed by atoms with van der Waals surface area (Å²) in [4.78, 5) is 28.3. The average molecular weight is 381 g/mol. The zero-order valence-corrected chi connectivity index (χ0v) is 15.7. The van der Waals surface area contributed by atoms with E-state index >= 15 is 0 Å². The number of nitrogens with zero attached hydrogens (tertiary/aromatic N) is 2. The van der Waals surface area contributed by atoms with Crippen LogP contribution in [0.5, 0.6) is 0 Å². The van der Waals surface area contributed by atoms with Crippen molar-refractivity contribution in [1.82, 2.24) is 4.90 Å². The first-order valence-corrected chi connectivity index (χ1v) is 9.07. The summed E-state index contributed by atoms with van der Waals surface area (Å²) in [6.45, 7) is 6.54. The molecule has 0 spiro atoms. The molecule has 0 aliphatic carbocycles. The quantitative estimate of drug-likeness (QED) is 0.794. The summed E-state index contributed by atoms with van der Waals surface area (Å²) in [6.07, 6.45) is 4.28. The Labute approximate surface area is 147 Å². The monoisotopic (exact) mass is 380 g/mol. The van der Waals surface area contributed by atoms with Crippen LogP contribution in [0.15, 0.2) is 22.7 Å². The van der Waals surface area contributed by atoms with E-state index in [-0.39, 0.29) is 18.4 Å². The number of benzene rings is 1. The highest BCUT2D eigenvalue weighted by molar-refractivity contribution is 9.10. The number of anilines is 1. The molecule has 1 aromatic rings. The van der Waals surface area contributed by atoms with E-state index in [0.29, 0.717) is 6.04 Å². The number of piperidine rings is 1. The van der Waals surface area contributed by atoms with Gasteiger partial charge >= 0.3 is 0 Å². The number of hydrogen-bond donors (Lipinski definition) is 0. The molecule has 1 heterocycles. The Balaban J connectivity index is 2.17. The van der Waals surface area contributed by atoms with Crippen molar-refractivity contribution in [3.8, 4) is 0 Å². The van der Waals surface area contributed by atoms with Gasteiger partial charge in [-0.25, -0.2) is 0 Å². The molecule has 1 aliphatic rings. The number of amides is 2. The molecule has 1 saturated heterocycles. The largest absolute Gasteiger partial charge is 0.338 e. The van der Waals surface area contributed by atoms with Crippen molar-refractivity contribution in [2.24, 2.45) is 0 Å². The van der Waals surface area contributed by atoms with E-state index < -0.39 is 0 Å². The second-order valence-electron chi connectivity index (χ2n) is 6.18. The summed E-state index contributed by atoms with van der Waals surface area (Å²) in [6, 6.07) is 6.04. The Morgan fingerprint density at radius 2 is 2.09 bits per heavy atom. The fourth-order valence-electron chi connectivity index (χ4n) is 3.16. The van der Waals surface area contributed by atoms with Gasteiger partial charge in [0.2, 0.25) is 11.8 Å². The van der Waals surface area contributed by atoms with Gasteiger partial charge in [0, 0.05) is 29.7 Å². The standard InChI is InChI=1S/C18H25BrN2O2/c1-4-15-7-5-6-10-20(15)18(23)12-21(14(3)22)16-8-9-17(19)13(2)11-16/h8-9,11,15H,4-7,10,12H2,1-3H3. The summed E-state index contributed by atoms with van der Waals surface area (Å²) in [7, 11) is 0. The van der Waals surface area contributed by atoms with Crippen molar-refractivity contribution >= 4 is 33.4 Å². The number of carbonyl (C=O) groups excluding carboxylic acids is 2. The zero-order valence-electron chi connectivity index (χ0n) is 14.1. The van der Waals surface area contributed by atoms with Crippen LogP contribution >= 0.6 is 15.9 Å². The Kier molecular flexibility index (Phi) is 6.22. The molecule has 0 aromatic heterocycles. The molecular formula is C18H25BrN2O2. The van der Waals surface area contributed by atoms with Crippen LogP contribution in [0.1, 0.15) is 45.1 Å². The average Bonchev–Trinajstić information content (AvgIpc) is 2.54. The van der Waals surface area contributed by atoms with Crippen LogP contribution in [0.25, 0.3) is 0 Å². The molecular weight excluding hydrogens is 356 g/mol. The molecule has 1 unspecified atom stereocenters. The predicted molar refractivity (Wildman–Crippen MR) is 96.5 cm³/mol. The maximum absolute atomic E-state index is 12.7. The molecule has 1 atom stereocenters. The van der Waals surface area contributed by atoms with E-state index in [1.54, 1.807) is 4.90 Å². The molecule has 0 N–H and O–H groups in total. The molecule has 1 fully saturated rings. The number of carbonyl (C=O) groups is 2. The lowest BCUT2D eigenvalue weighted by atomic mass is 10.00. The highest BCUT2D eigenvalue weighted by Gasteiger charge is 2.27. The van der Waals surface area contributed by atoms with Gasteiger partial charge < -0.3 is 9.80 Å². The SMILES string of the molecule is CCC1CCCCN1C(=O)CN(C(C)=O)c1ccc(Br)c(C)c1. The fraction of sp³-hybridized carbons (Fsp3) is 0.556. The highest BCUT2D eigenvalue weighted by Crippen LogP contribution is 2.24. The third-order valence-corrected chi connectivity index (χ3v) is 5.44. The van der Waals surface area contributed by atoms with Crippen molar-refractivity contribution in [1.29, 1.82) is 0 Å². The van der Waals surface area contributed by atoms with Crippen molar-refractivity contribution in [3.05, 3.63) is 28.2 Å². The number of halogens is 1. The zero-order chi connectivity index (χ0) is 17.0. The van der Waals surface area contributed by atoms with Crippen LogP contribution in [0, 0.1) is 6.92 Å². The molecule has 23 heavy (non-hydrogen) atoms. The molecule has 1 aliphatic heterocycles. The van der Waals surface area contributed by atoms with E-state index in [1.165, 1.54) is 13.3 Å². The molecule has 0 radical (unpaired) electrons. The van der Waals surface area contributed by atoms with E-state index in [2.05, 4.69) is 22.9 Å². The van der Waals surface area contributed by atoms with E-state index in [1.807, 2.05) is 30.0 Å². The minimum atomic E-state index is -0.106. The first-order chi connectivity index (χ1) is 10.9. The topological polar surface area (TPSA) is 40.6 Å². The normalized spacial score (nSPS) is 17.9. The first-order valence-electron chi connectivity index (χ1n) is 8.27. The van der Waals surface area contributed by atoms with Crippen LogP contribution in [0.3, 0.4) is 0 Å². The molecule has 1 aromatic carbocycles. The van der Waals surface area contributed by atoms with Crippen molar-refractivity contribution in [2.45, 2.75) is 52.5 Å². The summed E-state index contributed by atoms with van der Waals surface area (Å²) in [5.74, 6) is -0.0579. The third-order valence-electron chi connectivity index (χ3n) is 4.55. The lowest BCUT2D eigenvalue weighted by Gasteiger charge is -2.36. The van der Waals surface area contributed by atoms with Gasteiger partial charge in [0.1, 0.15) is 6.54 Å². The number of hydrogen-bond acceptors (Lipinski definition) is 2. The Morgan fingerprint density at radius 3 is 2.70 bits per heavy atom. The highest BCUT2D eigenvalue weighted by atomic mass is 79.9. The molecule has 4 nitrogen and oxygen atoms in total. The molecule has 2 rings (SSSR count). The van der Waals surface area contributed by atoms with Gasteiger partial charge in [0.15, 0.2) is 0 Å². The Hall–Kier alpha value is -1.36. The van der Waals surface area contributed by atoms with E-state index in [0.717, 1.165) is 41.5 Å². The van der Waals surface area contributed by atoms with Gasteiger partial charge in [0.05, 0.1) is 0 Å². The van der Waals surface area contributed by atoms with Crippen LogP contribution in [-0.2, 0) is 9.59 Å². The second-order valence-corrected chi connectivity index (χ2v) is 7.04. The van der Waals surface area contributed by atoms with Gasteiger partial charge in [0.25, 0.3) is 0 Å². The lowest BCUT2D eigenvalue weighted by Crippen LogP contribution is -2.48. The van der Waals surface area contributed by atoms with Gasteiger partial charge in [-0.3, -0.25) is 9.59 Å². The van der Waals surface area contributed by atoms with Gasteiger partial charge in [-0.05, 0) is 56.4 Å². The number of aryl methyl sites for hydroxylation is 1. The Morgan fingerprint density at radius 1 is 1.35 bits per heavy atom. The summed E-state index contributed by atoms with van der Waals surface area (Å²) >= 11 is 3.47. The van der Waals surface area contributed by atoms with Crippen molar-refractivity contribution < 1.29 is 9.59 Å². The van der Waals surface area contributed by atoms with Crippen LogP contribution < -0.4 is 4.90 Å². The van der Waals surface area contributed by atoms with Crippen LogP contribution in [-0.4, -0.2) is 35.8 Å². The summed E-state index contributed by atoms with van der Waals surface area (Å²) in [5, 5.41) is 0. The molecule has 0 bridgehead atoms. The fourth-order valence-corrected chi connectivity index (χ4v) is 3.41. The van der Waals surface area contributed by atoms with Gasteiger partial charge in [-0.1, -0.05) is 22.9 Å². The maximum Gasteiger partial charge on any atom is 0.242 e. The van der Waals surface area contributed by atoms with Crippen molar-refractivity contribution in [3.63, 3.8) is 0 Å². The van der Waals surface area contributed by atoms with Crippen LogP contribution in [0.2, 0.25) is 0 Å². The summed E-state index contributed by atoms with van der Waals surface area (Å²) in [5.41, 5.74) is 1.82. The van der Waals surface area contributed by atoms with Crippen LogP contribution in [0.4, 0.5) is 5.69 Å². The maximum atomic E-state index is 12.7. The smallest absolute Gasteiger partial charge is 0.242 e.